The molecule has 2 amide bonds. The summed E-state index contributed by atoms with van der Waals surface area (Å²) in [5.74, 6) is 1.75. The molecule has 0 spiro atoms. The first-order valence-corrected chi connectivity index (χ1v) is 11.2. The Labute approximate surface area is 194 Å². The summed E-state index contributed by atoms with van der Waals surface area (Å²) in [5.41, 5.74) is 1.86. The normalized spacial score (nSPS) is 15.7. The van der Waals surface area contributed by atoms with Crippen molar-refractivity contribution in [3.63, 3.8) is 0 Å². The number of ether oxygens (including phenoxy) is 2. The third kappa shape index (κ3) is 4.56. The SMILES string of the molecule is COc1cc(NC(=O)c2ccc([C@H]3SCC(=O)N3Cc3ccco3)cc2)c(OC)cc1Cl. The van der Waals surface area contributed by atoms with Gasteiger partial charge in [0.2, 0.25) is 5.91 Å². The van der Waals surface area contributed by atoms with Crippen molar-refractivity contribution in [3.05, 3.63) is 76.7 Å². The van der Waals surface area contributed by atoms with Gasteiger partial charge in [0.15, 0.2) is 0 Å². The van der Waals surface area contributed by atoms with Crippen LogP contribution in [0.15, 0.2) is 59.2 Å². The Morgan fingerprint density at radius 1 is 1.19 bits per heavy atom. The molecule has 0 saturated carbocycles. The van der Waals surface area contributed by atoms with Crippen LogP contribution in [0.25, 0.3) is 0 Å². The summed E-state index contributed by atoms with van der Waals surface area (Å²) in [6.07, 6.45) is 1.59. The minimum atomic E-state index is -0.304. The Morgan fingerprint density at radius 2 is 1.94 bits per heavy atom. The molecule has 2 heterocycles. The molecule has 0 unspecified atom stereocenters. The first-order chi connectivity index (χ1) is 15.5. The van der Waals surface area contributed by atoms with Gasteiger partial charge in [-0.1, -0.05) is 23.7 Å². The fourth-order valence-electron chi connectivity index (χ4n) is 3.42. The molecule has 1 atom stereocenters. The zero-order chi connectivity index (χ0) is 22.7. The highest BCUT2D eigenvalue weighted by Crippen LogP contribution is 2.40. The first-order valence-electron chi connectivity index (χ1n) is 9.76. The number of nitrogens with one attached hydrogen (secondary N) is 1. The molecule has 9 heteroatoms. The summed E-state index contributed by atoms with van der Waals surface area (Å²) in [6, 6.07) is 14.0. The Hall–Kier alpha value is -3.10. The zero-order valence-corrected chi connectivity index (χ0v) is 19.0. The Balaban J connectivity index is 1.50. The number of benzene rings is 2. The number of anilines is 1. The van der Waals surface area contributed by atoms with Crippen LogP contribution in [0.1, 0.15) is 27.1 Å². The number of halogens is 1. The number of rotatable bonds is 7. The molecule has 1 aliphatic heterocycles. The lowest BCUT2D eigenvalue weighted by Gasteiger charge is -2.23. The van der Waals surface area contributed by atoms with Gasteiger partial charge >= 0.3 is 0 Å². The van der Waals surface area contributed by atoms with E-state index in [-0.39, 0.29) is 17.2 Å². The molecule has 0 bridgehead atoms. The van der Waals surface area contributed by atoms with Gasteiger partial charge in [-0.25, -0.2) is 0 Å². The number of nitrogens with zero attached hydrogens (tertiary/aromatic N) is 1. The first kappa shape index (κ1) is 22.1. The minimum absolute atomic E-state index is 0.0574. The molecule has 0 aliphatic carbocycles. The van der Waals surface area contributed by atoms with Gasteiger partial charge in [0.05, 0.1) is 43.5 Å². The lowest BCUT2D eigenvalue weighted by Crippen LogP contribution is -2.27. The summed E-state index contributed by atoms with van der Waals surface area (Å²) in [6.45, 7) is 0.407. The third-order valence-electron chi connectivity index (χ3n) is 5.05. The predicted octanol–water partition coefficient (Wildman–Crippen LogP) is 4.98. The van der Waals surface area contributed by atoms with Gasteiger partial charge in [0, 0.05) is 17.7 Å². The number of carbonyl (C=O) groups excluding carboxylic acids is 2. The van der Waals surface area contributed by atoms with Crippen molar-refractivity contribution in [2.24, 2.45) is 0 Å². The summed E-state index contributed by atoms with van der Waals surface area (Å²) >= 11 is 7.68. The zero-order valence-electron chi connectivity index (χ0n) is 17.5. The van der Waals surface area contributed by atoms with Crippen LogP contribution in [-0.4, -0.2) is 36.7 Å². The van der Waals surface area contributed by atoms with E-state index in [0.29, 0.717) is 40.1 Å². The molecule has 166 valence electrons. The van der Waals surface area contributed by atoms with Crippen molar-refractivity contribution in [2.75, 3.05) is 25.3 Å². The predicted molar refractivity (Wildman–Crippen MR) is 123 cm³/mol. The van der Waals surface area contributed by atoms with E-state index >= 15 is 0 Å². The maximum absolute atomic E-state index is 12.8. The molecule has 3 aromatic rings. The van der Waals surface area contributed by atoms with E-state index in [2.05, 4.69) is 5.32 Å². The maximum Gasteiger partial charge on any atom is 0.255 e. The van der Waals surface area contributed by atoms with Crippen LogP contribution >= 0.6 is 23.4 Å². The van der Waals surface area contributed by atoms with Crippen LogP contribution < -0.4 is 14.8 Å². The van der Waals surface area contributed by atoms with Crippen molar-refractivity contribution in [3.8, 4) is 11.5 Å². The second-order valence-electron chi connectivity index (χ2n) is 7.03. The quantitative estimate of drug-likeness (QED) is 0.522. The molecule has 1 fully saturated rings. The van der Waals surface area contributed by atoms with Gasteiger partial charge in [-0.15, -0.1) is 11.8 Å². The van der Waals surface area contributed by atoms with E-state index in [4.69, 9.17) is 25.5 Å². The van der Waals surface area contributed by atoms with Crippen LogP contribution in [0.3, 0.4) is 0 Å². The number of amides is 2. The average Bonchev–Trinajstić information content (AvgIpc) is 3.45. The highest BCUT2D eigenvalue weighted by atomic mass is 35.5. The monoisotopic (exact) mass is 472 g/mol. The van der Waals surface area contributed by atoms with Crippen molar-refractivity contribution in [1.82, 2.24) is 4.90 Å². The lowest BCUT2D eigenvalue weighted by atomic mass is 10.1. The van der Waals surface area contributed by atoms with Crippen LogP contribution in [0.2, 0.25) is 5.02 Å². The van der Waals surface area contributed by atoms with Crippen LogP contribution in [0.5, 0.6) is 11.5 Å². The number of carbonyl (C=O) groups is 2. The van der Waals surface area contributed by atoms with Crippen molar-refractivity contribution in [2.45, 2.75) is 11.9 Å². The maximum atomic E-state index is 12.8. The fourth-order valence-corrected chi connectivity index (χ4v) is 4.84. The molecule has 1 N–H and O–H groups in total. The van der Waals surface area contributed by atoms with Crippen molar-refractivity contribution < 1.29 is 23.5 Å². The van der Waals surface area contributed by atoms with Crippen molar-refractivity contribution >= 4 is 40.9 Å². The fraction of sp³-hybridized carbons (Fsp3) is 0.217. The number of furan rings is 1. The standard InChI is InChI=1S/C23H21ClN2O5S/c1-29-19-11-18(20(30-2)10-17(19)24)25-22(28)14-5-7-15(8-6-14)23-26(21(27)13-32-23)12-16-4-3-9-31-16/h3-11,23H,12-13H2,1-2H3,(H,25,28)/t23-/m1/s1. The van der Waals surface area contributed by atoms with Crippen LogP contribution in [0.4, 0.5) is 5.69 Å². The molecular weight excluding hydrogens is 452 g/mol. The van der Waals surface area contributed by atoms with Gasteiger partial charge in [-0.05, 0) is 29.8 Å². The molecule has 0 radical (unpaired) electrons. The molecule has 4 rings (SSSR count). The topological polar surface area (TPSA) is 81.0 Å². The van der Waals surface area contributed by atoms with E-state index in [9.17, 15) is 9.59 Å². The van der Waals surface area contributed by atoms with E-state index in [1.165, 1.54) is 14.2 Å². The Kier molecular flexibility index (Phi) is 6.62. The summed E-state index contributed by atoms with van der Waals surface area (Å²) in [5, 5.41) is 3.08. The van der Waals surface area contributed by atoms with Gasteiger partial charge in [-0.2, -0.15) is 0 Å². The number of hydrogen-bond donors (Lipinski definition) is 1. The molecule has 1 aliphatic rings. The second-order valence-corrected chi connectivity index (χ2v) is 8.50. The second kappa shape index (κ2) is 9.58. The molecule has 32 heavy (non-hydrogen) atoms. The number of methoxy groups -OCH3 is 2. The molecule has 1 aromatic heterocycles. The number of hydrogen-bond acceptors (Lipinski definition) is 6. The molecular formula is C23H21ClN2O5S. The van der Waals surface area contributed by atoms with Gasteiger partial charge in [0.25, 0.3) is 5.91 Å². The number of thioether (sulfide) groups is 1. The Bertz CT molecular complexity index is 1120. The van der Waals surface area contributed by atoms with E-state index < -0.39 is 0 Å². The summed E-state index contributed by atoms with van der Waals surface area (Å²) < 4.78 is 15.9. The molecule has 1 saturated heterocycles. The minimum Gasteiger partial charge on any atom is -0.495 e. The highest BCUT2D eigenvalue weighted by Gasteiger charge is 2.33. The average molecular weight is 473 g/mol. The summed E-state index contributed by atoms with van der Waals surface area (Å²) in [4.78, 5) is 27.0. The van der Waals surface area contributed by atoms with Crippen LogP contribution in [-0.2, 0) is 11.3 Å². The van der Waals surface area contributed by atoms with E-state index in [1.54, 1.807) is 53.3 Å². The van der Waals surface area contributed by atoms with Gasteiger partial charge in [0.1, 0.15) is 22.6 Å². The van der Waals surface area contributed by atoms with Crippen molar-refractivity contribution in [1.29, 1.82) is 0 Å². The van der Waals surface area contributed by atoms with E-state index in [0.717, 1.165) is 11.3 Å². The third-order valence-corrected chi connectivity index (χ3v) is 6.61. The highest BCUT2D eigenvalue weighted by molar-refractivity contribution is 8.00. The molecule has 7 nitrogen and oxygen atoms in total. The lowest BCUT2D eigenvalue weighted by molar-refractivity contribution is -0.128. The van der Waals surface area contributed by atoms with E-state index in [1.807, 2.05) is 18.2 Å². The van der Waals surface area contributed by atoms with Crippen LogP contribution in [0, 0.1) is 0 Å². The van der Waals surface area contributed by atoms with Gasteiger partial charge in [-0.3, -0.25) is 9.59 Å². The summed E-state index contributed by atoms with van der Waals surface area (Å²) in [7, 11) is 3.00. The largest absolute Gasteiger partial charge is 0.495 e. The van der Waals surface area contributed by atoms with Gasteiger partial charge < -0.3 is 24.1 Å². The molecule has 2 aromatic carbocycles. The Morgan fingerprint density at radius 3 is 2.59 bits per heavy atom. The smallest absolute Gasteiger partial charge is 0.255 e.